The number of guanidine groups is 1. The molecule has 0 spiro atoms. The SMILES string of the molecule is CCNC(=NCCCN1CCCC1C(=O)N(C)C)NC(C)COC. The van der Waals surface area contributed by atoms with Crippen LogP contribution in [0.25, 0.3) is 0 Å². The summed E-state index contributed by atoms with van der Waals surface area (Å²) >= 11 is 0. The smallest absolute Gasteiger partial charge is 0.239 e. The summed E-state index contributed by atoms with van der Waals surface area (Å²) in [7, 11) is 5.36. The summed E-state index contributed by atoms with van der Waals surface area (Å²) in [6.45, 7) is 8.27. The Hall–Kier alpha value is -1.34. The molecule has 0 bridgehead atoms. The Morgan fingerprint density at radius 2 is 2.21 bits per heavy atom. The number of ether oxygens (including phenoxy) is 1. The number of amides is 1. The Morgan fingerprint density at radius 3 is 2.83 bits per heavy atom. The van der Waals surface area contributed by atoms with Gasteiger partial charge >= 0.3 is 0 Å². The Morgan fingerprint density at radius 1 is 1.46 bits per heavy atom. The van der Waals surface area contributed by atoms with E-state index >= 15 is 0 Å². The van der Waals surface area contributed by atoms with E-state index < -0.39 is 0 Å². The van der Waals surface area contributed by atoms with Crippen molar-refractivity contribution in [3.63, 3.8) is 0 Å². The second-order valence-electron chi connectivity index (χ2n) is 6.54. The molecule has 1 fully saturated rings. The molecule has 24 heavy (non-hydrogen) atoms. The summed E-state index contributed by atoms with van der Waals surface area (Å²) in [5.41, 5.74) is 0. The fourth-order valence-electron chi connectivity index (χ4n) is 2.98. The third kappa shape index (κ3) is 7.05. The summed E-state index contributed by atoms with van der Waals surface area (Å²) in [6, 6.07) is 0.269. The number of carbonyl (C=O) groups excluding carboxylic acids is 1. The van der Waals surface area contributed by atoms with E-state index in [1.807, 2.05) is 14.1 Å². The van der Waals surface area contributed by atoms with Gasteiger partial charge in [-0.05, 0) is 39.7 Å². The van der Waals surface area contributed by atoms with E-state index in [4.69, 9.17) is 4.74 Å². The van der Waals surface area contributed by atoms with Crippen molar-refractivity contribution in [1.82, 2.24) is 20.4 Å². The van der Waals surface area contributed by atoms with Crippen molar-refractivity contribution in [2.45, 2.75) is 45.2 Å². The molecule has 1 aliphatic rings. The molecule has 0 aromatic rings. The lowest BCUT2D eigenvalue weighted by Crippen LogP contribution is -2.44. The van der Waals surface area contributed by atoms with E-state index in [2.05, 4.69) is 34.4 Å². The average molecular weight is 342 g/mol. The molecule has 1 rings (SSSR count). The second-order valence-corrected chi connectivity index (χ2v) is 6.54. The number of hydrogen-bond donors (Lipinski definition) is 2. The minimum Gasteiger partial charge on any atom is -0.383 e. The van der Waals surface area contributed by atoms with Crippen LogP contribution in [0.4, 0.5) is 0 Å². The predicted octanol–water partition coefficient (Wildman–Crippen LogP) is 0.519. The topological polar surface area (TPSA) is 69.2 Å². The van der Waals surface area contributed by atoms with Gasteiger partial charge in [0.25, 0.3) is 0 Å². The number of nitrogens with zero attached hydrogens (tertiary/aromatic N) is 3. The summed E-state index contributed by atoms with van der Waals surface area (Å²) in [6.07, 6.45) is 3.03. The normalized spacial score (nSPS) is 20.0. The fraction of sp³-hybridized carbons (Fsp3) is 0.882. The van der Waals surface area contributed by atoms with Crippen molar-refractivity contribution in [3.8, 4) is 0 Å². The van der Waals surface area contributed by atoms with E-state index in [0.717, 1.165) is 51.4 Å². The molecule has 0 aliphatic carbocycles. The first-order chi connectivity index (χ1) is 11.5. The molecule has 1 heterocycles. The number of methoxy groups -OCH3 is 1. The minimum atomic E-state index is 0.0528. The van der Waals surface area contributed by atoms with Crippen LogP contribution in [-0.4, -0.2) is 87.7 Å². The number of hydrogen-bond acceptors (Lipinski definition) is 4. The van der Waals surface area contributed by atoms with Crippen LogP contribution in [0.2, 0.25) is 0 Å². The third-order valence-electron chi connectivity index (χ3n) is 4.11. The Labute approximate surface area is 146 Å². The summed E-state index contributed by atoms with van der Waals surface area (Å²) in [5.74, 6) is 1.05. The van der Waals surface area contributed by atoms with Gasteiger partial charge in [-0.3, -0.25) is 14.7 Å². The molecule has 1 amide bonds. The lowest BCUT2D eigenvalue weighted by atomic mass is 10.2. The lowest BCUT2D eigenvalue weighted by Gasteiger charge is -2.25. The monoisotopic (exact) mass is 341 g/mol. The Bertz CT molecular complexity index is 400. The molecule has 7 heteroatoms. The van der Waals surface area contributed by atoms with E-state index in [1.54, 1.807) is 12.0 Å². The van der Waals surface area contributed by atoms with Gasteiger partial charge in [0.2, 0.25) is 5.91 Å². The highest BCUT2D eigenvalue weighted by Crippen LogP contribution is 2.18. The molecule has 2 unspecified atom stereocenters. The summed E-state index contributed by atoms with van der Waals surface area (Å²) in [4.78, 5) is 20.8. The first-order valence-corrected chi connectivity index (χ1v) is 8.98. The number of likely N-dealkylation sites (tertiary alicyclic amines) is 1. The number of likely N-dealkylation sites (N-methyl/N-ethyl adjacent to an activating group) is 1. The maximum Gasteiger partial charge on any atom is 0.239 e. The van der Waals surface area contributed by atoms with Crippen LogP contribution >= 0.6 is 0 Å². The molecule has 2 atom stereocenters. The highest BCUT2D eigenvalue weighted by Gasteiger charge is 2.30. The maximum atomic E-state index is 12.2. The zero-order chi connectivity index (χ0) is 17.9. The first kappa shape index (κ1) is 20.7. The van der Waals surface area contributed by atoms with Crippen molar-refractivity contribution in [3.05, 3.63) is 0 Å². The van der Waals surface area contributed by atoms with Crippen LogP contribution < -0.4 is 10.6 Å². The number of rotatable bonds is 9. The van der Waals surface area contributed by atoms with Crippen molar-refractivity contribution < 1.29 is 9.53 Å². The van der Waals surface area contributed by atoms with Crippen molar-refractivity contribution in [2.75, 3.05) is 54.0 Å². The Balaban J connectivity index is 2.41. The largest absolute Gasteiger partial charge is 0.383 e. The molecule has 0 aromatic carbocycles. The van der Waals surface area contributed by atoms with Crippen LogP contribution in [-0.2, 0) is 9.53 Å². The van der Waals surface area contributed by atoms with E-state index in [0.29, 0.717) is 6.61 Å². The first-order valence-electron chi connectivity index (χ1n) is 8.98. The van der Waals surface area contributed by atoms with Gasteiger partial charge in [0.1, 0.15) is 0 Å². The van der Waals surface area contributed by atoms with E-state index in [9.17, 15) is 4.79 Å². The van der Waals surface area contributed by atoms with Gasteiger partial charge in [0.05, 0.1) is 12.6 Å². The summed E-state index contributed by atoms with van der Waals surface area (Å²) < 4.78 is 5.14. The van der Waals surface area contributed by atoms with E-state index in [-0.39, 0.29) is 18.0 Å². The molecular formula is C17H35N5O2. The molecule has 1 aliphatic heterocycles. The van der Waals surface area contributed by atoms with Gasteiger partial charge in [-0.25, -0.2) is 0 Å². The van der Waals surface area contributed by atoms with Crippen molar-refractivity contribution in [1.29, 1.82) is 0 Å². The number of carbonyl (C=O) groups is 1. The predicted molar refractivity (Wildman–Crippen MR) is 98.4 cm³/mol. The lowest BCUT2D eigenvalue weighted by molar-refractivity contribution is -0.133. The molecule has 0 aromatic heterocycles. The van der Waals surface area contributed by atoms with Crippen LogP contribution in [0.5, 0.6) is 0 Å². The van der Waals surface area contributed by atoms with Gasteiger partial charge in [0, 0.05) is 46.9 Å². The molecule has 1 saturated heterocycles. The van der Waals surface area contributed by atoms with Crippen molar-refractivity contribution >= 4 is 11.9 Å². The van der Waals surface area contributed by atoms with E-state index in [1.165, 1.54) is 0 Å². The average Bonchev–Trinajstić information content (AvgIpc) is 2.99. The highest BCUT2D eigenvalue weighted by molar-refractivity contribution is 5.81. The van der Waals surface area contributed by atoms with Gasteiger partial charge in [-0.15, -0.1) is 0 Å². The highest BCUT2D eigenvalue weighted by atomic mass is 16.5. The zero-order valence-electron chi connectivity index (χ0n) is 16.0. The minimum absolute atomic E-state index is 0.0528. The second kappa shape index (κ2) is 11.3. The Kier molecular flexibility index (Phi) is 9.71. The molecule has 2 N–H and O–H groups in total. The standard InChI is InChI=1S/C17H35N5O2/c1-6-18-17(20-14(2)13-24-5)19-10-8-12-22-11-7-9-15(22)16(23)21(3)4/h14-15H,6-13H2,1-5H3,(H2,18,19,20). The van der Waals surface area contributed by atoms with Crippen molar-refractivity contribution in [2.24, 2.45) is 4.99 Å². The maximum absolute atomic E-state index is 12.2. The number of aliphatic imine (C=N–C) groups is 1. The van der Waals surface area contributed by atoms with Gasteiger partial charge in [-0.1, -0.05) is 0 Å². The third-order valence-corrected chi connectivity index (χ3v) is 4.11. The van der Waals surface area contributed by atoms with Crippen LogP contribution in [0.15, 0.2) is 4.99 Å². The van der Waals surface area contributed by atoms with Gasteiger partial charge in [-0.2, -0.15) is 0 Å². The molecule has 0 saturated carbocycles. The molecule has 7 nitrogen and oxygen atoms in total. The molecule has 140 valence electrons. The van der Waals surface area contributed by atoms with Crippen LogP contribution in [0, 0.1) is 0 Å². The van der Waals surface area contributed by atoms with Crippen LogP contribution in [0.3, 0.4) is 0 Å². The molecular weight excluding hydrogens is 306 g/mol. The van der Waals surface area contributed by atoms with Gasteiger partial charge < -0.3 is 20.3 Å². The van der Waals surface area contributed by atoms with Gasteiger partial charge in [0.15, 0.2) is 5.96 Å². The molecule has 0 radical (unpaired) electrons. The summed E-state index contributed by atoms with van der Waals surface area (Å²) in [5, 5.41) is 6.58. The fourth-order valence-corrected chi connectivity index (χ4v) is 2.98. The zero-order valence-corrected chi connectivity index (χ0v) is 16.0. The van der Waals surface area contributed by atoms with Crippen LogP contribution in [0.1, 0.15) is 33.1 Å². The number of nitrogens with one attached hydrogen (secondary N) is 2. The quantitative estimate of drug-likeness (QED) is 0.363.